The van der Waals surface area contributed by atoms with Crippen LogP contribution in [0, 0.1) is 5.92 Å². The lowest BCUT2D eigenvalue weighted by Crippen LogP contribution is -2.62. The number of carbonyl (C=O) groups excluding carboxylic acids is 1. The first-order valence-corrected chi connectivity index (χ1v) is 8.70. The van der Waals surface area contributed by atoms with E-state index >= 15 is 0 Å². The van der Waals surface area contributed by atoms with Crippen LogP contribution in [0.4, 0.5) is 4.79 Å². The van der Waals surface area contributed by atoms with Gasteiger partial charge in [0.15, 0.2) is 0 Å². The second-order valence-corrected chi connectivity index (χ2v) is 7.69. The summed E-state index contributed by atoms with van der Waals surface area (Å²) in [5, 5.41) is 14.3. The number of carboxylic acid groups (broad SMARTS) is 1. The predicted molar refractivity (Wildman–Crippen MR) is 74.2 cm³/mol. The lowest BCUT2D eigenvalue weighted by atomic mass is 9.73. The van der Waals surface area contributed by atoms with Gasteiger partial charge in [0.1, 0.15) is 15.4 Å². The first kappa shape index (κ1) is 16.7. The van der Waals surface area contributed by atoms with Crippen molar-refractivity contribution in [2.24, 2.45) is 5.92 Å². The molecule has 2 atom stereocenters. The van der Waals surface area contributed by atoms with Crippen LogP contribution in [0.1, 0.15) is 32.6 Å². The van der Waals surface area contributed by atoms with Crippen LogP contribution >= 0.6 is 0 Å². The van der Waals surface area contributed by atoms with Crippen molar-refractivity contribution in [2.45, 2.75) is 38.1 Å². The van der Waals surface area contributed by atoms with Gasteiger partial charge in [-0.05, 0) is 18.8 Å². The fourth-order valence-electron chi connectivity index (χ4n) is 2.50. The molecule has 1 fully saturated rings. The topological polar surface area (TPSA) is 113 Å². The van der Waals surface area contributed by atoms with E-state index in [9.17, 15) is 23.1 Å². The summed E-state index contributed by atoms with van der Waals surface area (Å²) < 4.78 is 21.9. The number of hydrogen-bond donors (Lipinski definition) is 3. The lowest BCUT2D eigenvalue weighted by molar-refractivity contribution is -0.148. The highest BCUT2D eigenvalue weighted by Gasteiger charge is 2.46. The van der Waals surface area contributed by atoms with Crippen molar-refractivity contribution in [3.8, 4) is 0 Å². The van der Waals surface area contributed by atoms with Gasteiger partial charge >= 0.3 is 12.0 Å². The molecule has 1 aliphatic rings. The van der Waals surface area contributed by atoms with Crippen molar-refractivity contribution in [1.82, 2.24) is 10.6 Å². The van der Waals surface area contributed by atoms with Crippen LogP contribution < -0.4 is 10.6 Å². The van der Waals surface area contributed by atoms with Crippen molar-refractivity contribution in [1.29, 1.82) is 0 Å². The maximum atomic E-state index is 11.8. The zero-order valence-electron chi connectivity index (χ0n) is 11.8. The molecule has 0 aliphatic heterocycles. The second-order valence-electron chi connectivity index (χ2n) is 5.43. The lowest BCUT2D eigenvalue weighted by Gasteiger charge is -2.39. The van der Waals surface area contributed by atoms with Gasteiger partial charge in [0.05, 0.1) is 5.75 Å². The molecule has 0 spiro atoms. The maximum absolute atomic E-state index is 11.8. The summed E-state index contributed by atoms with van der Waals surface area (Å²) in [5.74, 6) is -1.37. The van der Waals surface area contributed by atoms with E-state index in [-0.39, 0.29) is 18.2 Å². The molecule has 0 aromatic carbocycles. The van der Waals surface area contributed by atoms with Gasteiger partial charge < -0.3 is 15.7 Å². The number of nitrogens with one attached hydrogen (secondary N) is 2. The Morgan fingerprint density at radius 3 is 2.50 bits per heavy atom. The average molecular weight is 306 g/mol. The van der Waals surface area contributed by atoms with Crippen molar-refractivity contribution in [3.05, 3.63) is 0 Å². The minimum Gasteiger partial charge on any atom is -0.479 e. The third-order valence-corrected chi connectivity index (χ3v) is 4.72. The molecule has 1 aliphatic carbocycles. The number of amides is 2. The molecular weight excluding hydrogens is 284 g/mol. The summed E-state index contributed by atoms with van der Waals surface area (Å²) in [5.41, 5.74) is -1.26. The molecule has 3 N–H and O–H groups in total. The van der Waals surface area contributed by atoms with E-state index in [1.165, 1.54) is 0 Å². The van der Waals surface area contributed by atoms with Gasteiger partial charge in [-0.3, -0.25) is 0 Å². The Hall–Kier alpha value is -1.31. The average Bonchev–Trinajstić information content (AvgIpc) is 2.30. The molecule has 116 valence electrons. The molecule has 0 aromatic rings. The molecular formula is C12H22N2O5S. The summed E-state index contributed by atoms with van der Waals surface area (Å²) >= 11 is 0. The SMILES string of the molecule is CC1CCCCC1(NC(=O)NCCS(C)(=O)=O)C(=O)O. The van der Waals surface area contributed by atoms with Gasteiger partial charge in [0, 0.05) is 12.8 Å². The Balaban J connectivity index is 2.62. The summed E-state index contributed by atoms with van der Waals surface area (Å²) in [6, 6.07) is -0.634. The maximum Gasteiger partial charge on any atom is 0.329 e. The van der Waals surface area contributed by atoms with Crippen LogP contribution in [-0.4, -0.2) is 49.6 Å². The number of rotatable bonds is 5. The number of carbonyl (C=O) groups is 2. The zero-order valence-corrected chi connectivity index (χ0v) is 12.6. The van der Waals surface area contributed by atoms with Crippen LogP contribution in [0.2, 0.25) is 0 Å². The van der Waals surface area contributed by atoms with Gasteiger partial charge in [-0.1, -0.05) is 19.8 Å². The molecule has 2 unspecified atom stereocenters. The smallest absolute Gasteiger partial charge is 0.329 e. The van der Waals surface area contributed by atoms with Crippen LogP contribution in [0.15, 0.2) is 0 Å². The van der Waals surface area contributed by atoms with Gasteiger partial charge in [0.25, 0.3) is 0 Å². The minimum absolute atomic E-state index is 0.0330. The van der Waals surface area contributed by atoms with Crippen LogP contribution in [0.5, 0.6) is 0 Å². The van der Waals surface area contributed by atoms with Crippen molar-refractivity contribution in [3.63, 3.8) is 0 Å². The quantitative estimate of drug-likeness (QED) is 0.679. The van der Waals surface area contributed by atoms with Crippen molar-refractivity contribution >= 4 is 21.8 Å². The molecule has 1 rings (SSSR count). The van der Waals surface area contributed by atoms with Crippen LogP contribution in [-0.2, 0) is 14.6 Å². The molecule has 0 saturated heterocycles. The van der Waals surface area contributed by atoms with E-state index < -0.39 is 27.4 Å². The third-order valence-electron chi connectivity index (χ3n) is 3.78. The van der Waals surface area contributed by atoms with E-state index in [0.29, 0.717) is 6.42 Å². The molecule has 20 heavy (non-hydrogen) atoms. The molecule has 1 saturated carbocycles. The highest BCUT2D eigenvalue weighted by Crippen LogP contribution is 2.33. The zero-order chi connectivity index (χ0) is 15.4. The first-order chi connectivity index (χ1) is 9.17. The normalized spacial score (nSPS) is 26.8. The van der Waals surface area contributed by atoms with E-state index in [2.05, 4.69) is 10.6 Å². The van der Waals surface area contributed by atoms with Crippen molar-refractivity contribution < 1.29 is 23.1 Å². The number of hydrogen-bond acceptors (Lipinski definition) is 4. The Morgan fingerprint density at radius 1 is 1.35 bits per heavy atom. The monoisotopic (exact) mass is 306 g/mol. The van der Waals surface area contributed by atoms with E-state index in [1.807, 2.05) is 6.92 Å². The fraction of sp³-hybridized carbons (Fsp3) is 0.833. The fourth-order valence-corrected chi connectivity index (χ4v) is 2.97. The highest BCUT2D eigenvalue weighted by atomic mass is 32.2. The molecule has 8 heteroatoms. The van der Waals surface area contributed by atoms with Crippen LogP contribution in [0.25, 0.3) is 0 Å². The Labute approximate surface area is 119 Å². The minimum atomic E-state index is -3.15. The largest absolute Gasteiger partial charge is 0.479 e. The van der Waals surface area contributed by atoms with Gasteiger partial charge in [-0.25, -0.2) is 18.0 Å². The summed E-state index contributed by atoms with van der Waals surface area (Å²) in [4.78, 5) is 23.3. The molecule has 2 amide bonds. The first-order valence-electron chi connectivity index (χ1n) is 6.64. The van der Waals surface area contributed by atoms with Gasteiger partial charge in [-0.15, -0.1) is 0 Å². The highest BCUT2D eigenvalue weighted by molar-refractivity contribution is 7.90. The summed E-state index contributed by atoms with van der Waals surface area (Å²) in [6.07, 6.45) is 3.92. The van der Waals surface area contributed by atoms with E-state index in [0.717, 1.165) is 25.5 Å². The second kappa shape index (κ2) is 6.43. The molecule has 0 bridgehead atoms. The molecule has 7 nitrogen and oxygen atoms in total. The number of urea groups is 1. The summed E-state index contributed by atoms with van der Waals surface area (Å²) in [6.45, 7) is 1.78. The third kappa shape index (κ3) is 4.36. The van der Waals surface area contributed by atoms with E-state index in [4.69, 9.17) is 0 Å². The number of aliphatic carboxylic acids is 1. The van der Waals surface area contributed by atoms with E-state index in [1.54, 1.807) is 0 Å². The standard InChI is InChI=1S/C12H22N2O5S/c1-9-5-3-4-6-12(9,10(15)16)14-11(17)13-7-8-20(2,18)19/h9H,3-8H2,1-2H3,(H,15,16)(H2,13,14,17). The van der Waals surface area contributed by atoms with Crippen molar-refractivity contribution in [2.75, 3.05) is 18.6 Å². The summed E-state index contributed by atoms with van der Waals surface area (Å²) in [7, 11) is -3.15. The molecule has 0 aromatic heterocycles. The molecule has 0 radical (unpaired) electrons. The van der Waals surface area contributed by atoms with Gasteiger partial charge in [-0.2, -0.15) is 0 Å². The number of carboxylic acids is 1. The Bertz CT molecular complexity index is 476. The Kier molecular flexibility index (Phi) is 5.38. The van der Waals surface area contributed by atoms with Crippen LogP contribution in [0.3, 0.4) is 0 Å². The number of sulfone groups is 1. The Morgan fingerprint density at radius 2 is 2.00 bits per heavy atom. The molecule has 0 heterocycles. The van der Waals surface area contributed by atoms with Gasteiger partial charge in [0.2, 0.25) is 0 Å². The predicted octanol–water partition coefficient (Wildman–Crippen LogP) is 0.364.